The number of aliphatic hydroxyl groups is 1. The van der Waals surface area contributed by atoms with Crippen LogP contribution in [0.2, 0.25) is 0 Å². The molecule has 9 heteroatoms. The largest absolute Gasteiger partial charge is 0.489 e. The number of fused-ring (bicyclic) bond motifs is 1. The molecule has 2 aromatic carbocycles. The van der Waals surface area contributed by atoms with Crippen LogP contribution in [0.15, 0.2) is 71.6 Å². The molecule has 2 radical (unpaired) electrons. The average Bonchev–Trinajstić information content (AvgIpc) is 2.78. The maximum atomic E-state index is 13.7. The van der Waals surface area contributed by atoms with Crippen LogP contribution in [0, 0.1) is 5.82 Å². The molecule has 1 aliphatic heterocycles. The van der Waals surface area contributed by atoms with Gasteiger partial charge >= 0.3 is 0 Å². The van der Waals surface area contributed by atoms with Gasteiger partial charge in [0.25, 0.3) is 5.91 Å². The van der Waals surface area contributed by atoms with E-state index < -0.39 is 11.7 Å². The Labute approximate surface area is 185 Å². The number of carbonyl (C=O) groups excluding carboxylic acids is 1. The predicted molar refractivity (Wildman–Crippen MR) is 121 cm³/mol. The lowest BCUT2D eigenvalue weighted by Crippen LogP contribution is -2.33. The van der Waals surface area contributed by atoms with Gasteiger partial charge in [0.15, 0.2) is 5.75 Å². The van der Waals surface area contributed by atoms with Gasteiger partial charge in [-0.25, -0.2) is 4.39 Å². The minimum atomic E-state index is -0.623. The van der Waals surface area contributed by atoms with E-state index in [-0.39, 0.29) is 35.0 Å². The highest BCUT2D eigenvalue weighted by Crippen LogP contribution is 2.38. The predicted octanol–water partition coefficient (Wildman–Crippen LogP) is 2.54. The fraction of sp³-hybridized carbons (Fsp3) is 0.136. The number of amides is 1. The molecule has 4 N–H and O–H groups in total. The summed E-state index contributed by atoms with van der Waals surface area (Å²) in [6.45, 7) is 4.49. The van der Waals surface area contributed by atoms with E-state index in [1.165, 1.54) is 24.4 Å². The molecule has 0 saturated heterocycles. The SMILES string of the molecule is [B]c1ccc(NC(=O)c2cccc3c2OCCN3C(=C)/C(Cl)=C\C(=C/N)CO)cc1F. The van der Waals surface area contributed by atoms with E-state index in [1.54, 1.807) is 18.2 Å². The van der Waals surface area contributed by atoms with Crippen LogP contribution in [0.4, 0.5) is 15.8 Å². The van der Waals surface area contributed by atoms with Crippen LogP contribution >= 0.6 is 11.6 Å². The molecule has 6 nitrogen and oxygen atoms in total. The number of carbonyl (C=O) groups is 1. The van der Waals surface area contributed by atoms with Crippen LogP contribution in [0.5, 0.6) is 5.75 Å². The lowest BCUT2D eigenvalue weighted by molar-refractivity contribution is 0.102. The van der Waals surface area contributed by atoms with Crippen molar-refractivity contribution in [3.8, 4) is 5.75 Å². The number of para-hydroxylation sites is 1. The fourth-order valence-electron chi connectivity index (χ4n) is 3.03. The molecule has 0 bridgehead atoms. The summed E-state index contributed by atoms with van der Waals surface area (Å²) >= 11 is 6.37. The first-order valence-electron chi connectivity index (χ1n) is 9.33. The van der Waals surface area contributed by atoms with E-state index in [4.69, 9.17) is 29.9 Å². The second-order valence-electron chi connectivity index (χ2n) is 6.68. The molecule has 0 unspecified atom stereocenters. The molecular weight excluding hydrogens is 420 g/mol. The molecule has 2 aromatic rings. The first-order valence-corrected chi connectivity index (χ1v) is 9.71. The minimum Gasteiger partial charge on any atom is -0.489 e. The van der Waals surface area contributed by atoms with E-state index in [0.717, 1.165) is 6.07 Å². The Kier molecular flexibility index (Phi) is 7.04. The van der Waals surface area contributed by atoms with E-state index in [0.29, 0.717) is 29.3 Å². The first-order chi connectivity index (χ1) is 14.8. The number of allylic oxidation sites excluding steroid dienone is 1. The lowest BCUT2D eigenvalue weighted by Gasteiger charge is -2.33. The number of rotatable bonds is 6. The second kappa shape index (κ2) is 9.72. The Morgan fingerprint density at radius 2 is 2.19 bits per heavy atom. The van der Waals surface area contributed by atoms with Crippen molar-refractivity contribution in [2.45, 2.75) is 0 Å². The Bertz CT molecular complexity index is 1090. The van der Waals surface area contributed by atoms with Gasteiger partial charge in [0.05, 0.1) is 35.1 Å². The number of hydrogen-bond donors (Lipinski definition) is 3. The third kappa shape index (κ3) is 4.92. The zero-order valence-corrected chi connectivity index (χ0v) is 17.3. The summed E-state index contributed by atoms with van der Waals surface area (Å²) in [5.41, 5.74) is 7.47. The Morgan fingerprint density at radius 3 is 2.87 bits per heavy atom. The average molecular weight is 440 g/mol. The number of hydrogen-bond acceptors (Lipinski definition) is 5. The number of aliphatic hydroxyl groups excluding tert-OH is 1. The van der Waals surface area contributed by atoms with Gasteiger partial charge in [-0.1, -0.05) is 35.8 Å². The van der Waals surface area contributed by atoms with Crippen LogP contribution in [0.1, 0.15) is 10.4 Å². The van der Waals surface area contributed by atoms with Crippen molar-refractivity contribution in [2.75, 3.05) is 30.0 Å². The number of nitrogens with one attached hydrogen (secondary N) is 1. The summed E-state index contributed by atoms with van der Waals surface area (Å²) in [6, 6.07) is 9.10. The topological polar surface area (TPSA) is 87.8 Å². The van der Waals surface area contributed by atoms with Crippen molar-refractivity contribution >= 4 is 42.2 Å². The molecule has 0 saturated carbocycles. The highest BCUT2D eigenvalue weighted by atomic mass is 35.5. The molecule has 158 valence electrons. The van der Waals surface area contributed by atoms with Crippen molar-refractivity contribution in [3.63, 3.8) is 0 Å². The smallest absolute Gasteiger partial charge is 0.259 e. The van der Waals surface area contributed by atoms with Crippen LogP contribution in [0.25, 0.3) is 0 Å². The zero-order chi connectivity index (χ0) is 22.5. The molecule has 1 amide bonds. The van der Waals surface area contributed by atoms with Crippen molar-refractivity contribution in [1.29, 1.82) is 0 Å². The Balaban J connectivity index is 1.90. The van der Waals surface area contributed by atoms with Gasteiger partial charge in [0.2, 0.25) is 0 Å². The number of halogens is 2. The number of nitrogens with zero attached hydrogens (tertiary/aromatic N) is 1. The standard InChI is InChI=1S/C22H20BClFN3O3/c1-13(18(24)9-14(11-26)12-29)28-7-8-31-21-16(3-2-4-20(21)28)22(30)27-15-5-6-17(23)19(25)10-15/h2-6,9-11,29H,1,7-8,12,26H2,(H,27,30)/b14-11+,18-9+. The number of ether oxygens (including phenoxy) is 1. The summed E-state index contributed by atoms with van der Waals surface area (Å²) in [6.07, 6.45) is 2.77. The van der Waals surface area contributed by atoms with E-state index in [2.05, 4.69) is 11.9 Å². The molecular formula is C22H20BClFN3O3. The van der Waals surface area contributed by atoms with E-state index >= 15 is 0 Å². The highest BCUT2D eigenvalue weighted by Gasteiger charge is 2.26. The van der Waals surface area contributed by atoms with Gasteiger partial charge in [0.1, 0.15) is 20.3 Å². The summed E-state index contributed by atoms with van der Waals surface area (Å²) in [5, 5.41) is 12.2. The molecule has 0 fully saturated rings. The molecule has 0 aromatic heterocycles. The molecule has 1 aliphatic rings. The van der Waals surface area contributed by atoms with Crippen LogP contribution in [-0.2, 0) is 0 Å². The Morgan fingerprint density at radius 1 is 1.42 bits per heavy atom. The number of benzene rings is 2. The molecule has 0 aliphatic carbocycles. The maximum Gasteiger partial charge on any atom is 0.259 e. The van der Waals surface area contributed by atoms with E-state index in [1.807, 2.05) is 4.90 Å². The van der Waals surface area contributed by atoms with Crippen LogP contribution < -0.4 is 26.2 Å². The first kappa shape index (κ1) is 22.5. The van der Waals surface area contributed by atoms with Gasteiger partial charge in [0, 0.05) is 5.69 Å². The molecule has 0 spiro atoms. The maximum absolute atomic E-state index is 13.7. The van der Waals surface area contributed by atoms with Crippen molar-refractivity contribution in [2.24, 2.45) is 5.73 Å². The zero-order valence-electron chi connectivity index (χ0n) is 16.6. The normalized spacial score (nSPS) is 14.0. The summed E-state index contributed by atoms with van der Waals surface area (Å²) in [5.74, 6) is -0.741. The van der Waals surface area contributed by atoms with Crippen LogP contribution in [-0.4, -0.2) is 38.6 Å². The molecule has 0 atom stereocenters. The summed E-state index contributed by atoms with van der Waals surface area (Å²) < 4.78 is 19.5. The molecule has 1 heterocycles. The van der Waals surface area contributed by atoms with Crippen molar-refractivity contribution in [3.05, 3.63) is 82.9 Å². The van der Waals surface area contributed by atoms with Crippen molar-refractivity contribution in [1.82, 2.24) is 0 Å². The lowest BCUT2D eigenvalue weighted by atomic mass is 9.95. The van der Waals surface area contributed by atoms with Crippen LogP contribution in [0.3, 0.4) is 0 Å². The van der Waals surface area contributed by atoms with Gasteiger partial charge in [-0.3, -0.25) is 4.79 Å². The quantitative estimate of drug-likeness (QED) is 0.476. The fourth-order valence-corrected chi connectivity index (χ4v) is 3.27. The summed E-state index contributed by atoms with van der Waals surface area (Å²) in [4.78, 5) is 14.7. The van der Waals surface area contributed by atoms with Gasteiger partial charge in [-0.15, -0.1) is 0 Å². The van der Waals surface area contributed by atoms with Gasteiger partial charge < -0.3 is 25.8 Å². The minimum absolute atomic E-state index is 0.00801. The monoisotopic (exact) mass is 439 g/mol. The molecule has 3 rings (SSSR count). The third-order valence-corrected chi connectivity index (χ3v) is 4.99. The van der Waals surface area contributed by atoms with Gasteiger partial charge in [-0.05, 0) is 42.1 Å². The highest BCUT2D eigenvalue weighted by molar-refractivity contribution is 6.32. The third-order valence-electron chi connectivity index (χ3n) is 4.66. The Hall–Kier alpha value is -3.23. The second-order valence-corrected chi connectivity index (χ2v) is 7.09. The molecule has 31 heavy (non-hydrogen) atoms. The van der Waals surface area contributed by atoms with Crippen molar-refractivity contribution < 1.29 is 19.0 Å². The number of anilines is 2. The van der Waals surface area contributed by atoms with E-state index in [9.17, 15) is 14.3 Å². The van der Waals surface area contributed by atoms with Gasteiger partial charge in [-0.2, -0.15) is 0 Å². The number of nitrogens with two attached hydrogens (primary N) is 1. The summed E-state index contributed by atoms with van der Waals surface area (Å²) in [7, 11) is 5.48.